The Bertz CT molecular complexity index is 770. The molecule has 1 atom stereocenters. The van der Waals surface area contributed by atoms with Crippen LogP contribution >= 0.6 is 0 Å². The number of carbonyl (C=O) groups is 1. The smallest absolute Gasteiger partial charge is 0.263 e. The van der Waals surface area contributed by atoms with Crippen LogP contribution in [0.1, 0.15) is 40.5 Å². The molecule has 6 heteroatoms. The van der Waals surface area contributed by atoms with Crippen molar-refractivity contribution in [3.63, 3.8) is 0 Å². The van der Waals surface area contributed by atoms with E-state index in [9.17, 15) is 9.59 Å². The van der Waals surface area contributed by atoms with Crippen LogP contribution in [-0.2, 0) is 7.05 Å². The summed E-state index contributed by atoms with van der Waals surface area (Å²) in [6.07, 6.45) is 5.16. The number of rotatable bonds is 2. The lowest BCUT2D eigenvalue weighted by Gasteiger charge is -2.32. The Labute approximate surface area is 134 Å². The summed E-state index contributed by atoms with van der Waals surface area (Å²) >= 11 is 0. The maximum Gasteiger partial charge on any atom is 0.263 e. The van der Waals surface area contributed by atoms with Crippen molar-refractivity contribution in [1.29, 1.82) is 0 Å². The standard InChI is InChI=1S/C17H20N4O2/c1-12-5-6-14(16(22)20(12)2)17(23)21-9-3-4-13(10-21)15-7-8-18-11-19-15/h5-8,11,13H,3-4,9-10H2,1-2H3/t13-/m0/s1. The van der Waals surface area contributed by atoms with Gasteiger partial charge in [-0.2, -0.15) is 0 Å². The highest BCUT2D eigenvalue weighted by molar-refractivity contribution is 5.94. The second kappa shape index (κ2) is 6.32. The molecule has 1 fully saturated rings. The Morgan fingerprint density at radius 3 is 2.87 bits per heavy atom. The number of aryl methyl sites for hydroxylation is 1. The van der Waals surface area contributed by atoms with E-state index in [1.54, 1.807) is 30.3 Å². The highest BCUT2D eigenvalue weighted by Gasteiger charge is 2.27. The number of amides is 1. The van der Waals surface area contributed by atoms with Crippen molar-refractivity contribution in [2.45, 2.75) is 25.7 Å². The van der Waals surface area contributed by atoms with Gasteiger partial charge in [0.05, 0.1) is 0 Å². The molecule has 0 unspecified atom stereocenters. The molecule has 1 saturated heterocycles. The van der Waals surface area contributed by atoms with E-state index in [0.717, 1.165) is 24.2 Å². The Kier molecular flexibility index (Phi) is 4.23. The van der Waals surface area contributed by atoms with Gasteiger partial charge in [0.2, 0.25) is 0 Å². The van der Waals surface area contributed by atoms with E-state index < -0.39 is 0 Å². The summed E-state index contributed by atoms with van der Waals surface area (Å²) in [5, 5.41) is 0. The minimum Gasteiger partial charge on any atom is -0.338 e. The van der Waals surface area contributed by atoms with Gasteiger partial charge in [0.1, 0.15) is 11.9 Å². The molecule has 2 aromatic rings. The number of aromatic nitrogens is 3. The third-order valence-corrected chi connectivity index (χ3v) is 4.52. The van der Waals surface area contributed by atoms with Crippen molar-refractivity contribution >= 4 is 5.91 Å². The summed E-state index contributed by atoms with van der Waals surface area (Å²) in [5.74, 6) is 0.00866. The molecule has 120 valence electrons. The minimum absolute atomic E-state index is 0.190. The zero-order valence-corrected chi connectivity index (χ0v) is 13.4. The number of piperidine rings is 1. The molecule has 0 aliphatic carbocycles. The van der Waals surface area contributed by atoms with Crippen LogP contribution < -0.4 is 5.56 Å². The number of hydrogen-bond acceptors (Lipinski definition) is 4. The van der Waals surface area contributed by atoms with Gasteiger partial charge in [0, 0.05) is 43.6 Å². The lowest BCUT2D eigenvalue weighted by atomic mass is 9.94. The highest BCUT2D eigenvalue weighted by atomic mass is 16.2. The quantitative estimate of drug-likeness (QED) is 0.843. The van der Waals surface area contributed by atoms with Crippen LogP contribution in [-0.4, -0.2) is 38.4 Å². The Morgan fingerprint density at radius 2 is 2.13 bits per heavy atom. The van der Waals surface area contributed by atoms with Crippen molar-refractivity contribution in [1.82, 2.24) is 19.4 Å². The molecular weight excluding hydrogens is 292 g/mol. The highest BCUT2D eigenvalue weighted by Crippen LogP contribution is 2.25. The van der Waals surface area contributed by atoms with Crippen molar-refractivity contribution in [3.8, 4) is 0 Å². The molecule has 23 heavy (non-hydrogen) atoms. The van der Waals surface area contributed by atoms with E-state index in [-0.39, 0.29) is 22.9 Å². The van der Waals surface area contributed by atoms with E-state index in [1.165, 1.54) is 10.9 Å². The van der Waals surface area contributed by atoms with E-state index in [4.69, 9.17) is 0 Å². The van der Waals surface area contributed by atoms with Gasteiger partial charge in [-0.3, -0.25) is 9.59 Å². The summed E-state index contributed by atoms with van der Waals surface area (Å²) in [4.78, 5) is 35.1. The van der Waals surface area contributed by atoms with E-state index in [1.807, 2.05) is 13.0 Å². The van der Waals surface area contributed by atoms with Crippen molar-refractivity contribution in [2.24, 2.45) is 7.05 Å². The molecule has 0 spiro atoms. The van der Waals surface area contributed by atoms with E-state index in [2.05, 4.69) is 9.97 Å². The second-order valence-electron chi connectivity index (χ2n) is 5.98. The number of nitrogens with zero attached hydrogens (tertiary/aromatic N) is 4. The van der Waals surface area contributed by atoms with E-state index in [0.29, 0.717) is 13.1 Å². The second-order valence-corrected chi connectivity index (χ2v) is 5.98. The largest absolute Gasteiger partial charge is 0.338 e. The van der Waals surface area contributed by atoms with Crippen molar-refractivity contribution in [2.75, 3.05) is 13.1 Å². The number of hydrogen-bond donors (Lipinski definition) is 0. The molecule has 3 rings (SSSR count). The minimum atomic E-state index is -0.237. The zero-order chi connectivity index (χ0) is 16.4. The summed E-state index contributed by atoms with van der Waals surface area (Å²) in [6.45, 7) is 3.12. The molecule has 1 aliphatic heterocycles. The van der Waals surface area contributed by atoms with Gasteiger partial charge < -0.3 is 9.47 Å². The van der Waals surface area contributed by atoms with E-state index >= 15 is 0 Å². The first-order valence-electron chi connectivity index (χ1n) is 7.79. The number of likely N-dealkylation sites (tertiary alicyclic amines) is 1. The SMILES string of the molecule is Cc1ccc(C(=O)N2CCC[C@H](c3ccncn3)C2)c(=O)n1C. The van der Waals surface area contributed by atoms with Crippen LogP contribution in [0.5, 0.6) is 0 Å². The molecule has 0 radical (unpaired) electrons. The van der Waals surface area contributed by atoms with Crippen LogP contribution in [0.3, 0.4) is 0 Å². The fraction of sp³-hybridized carbons (Fsp3) is 0.412. The van der Waals surface area contributed by atoms with Gasteiger partial charge >= 0.3 is 0 Å². The fourth-order valence-corrected chi connectivity index (χ4v) is 3.01. The molecule has 1 amide bonds. The summed E-state index contributed by atoms with van der Waals surface area (Å²) in [7, 11) is 1.69. The van der Waals surface area contributed by atoms with Gasteiger partial charge in [-0.05, 0) is 38.0 Å². The lowest BCUT2D eigenvalue weighted by molar-refractivity contribution is 0.0703. The average Bonchev–Trinajstić information content (AvgIpc) is 2.60. The molecule has 6 nitrogen and oxygen atoms in total. The third kappa shape index (κ3) is 3.02. The van der Waals surface area contributed by atoms with Crippen LogP contribution in [0.15, 0.2) is 35.5 Å². The molecule has 1 aliphatic rings. The summed E-state index contributed by atoms with van der Waals surface area (Å²) in [6, 6.07) is 5.33. The molecule has 3 heterocycles. The third-order valence-electron chi connectivity index (χ3n) is 4.52. The molecule has 0 N–H and O–H groups in total. The number of pyridine rings is 1. The predicted octanol–water partition coefficient (Wildman–Crippen LogP) is 1.50. The fourth-order valence-electron chi connectivity index (χ4n) is 3.01. The topological polar surface area (TPSA) is 68.1 Å². The van der Waals surface area contributed by atoms with Crippen molar-refractivity contribution in [3.05, 3.63) is 58.0 Å². The first kappa shape index (κ1) is 15.4. The average molecular weight is 312 g/mol. The Hall–Kier alpha value is -2.50. The maximum atomic E-state index is 12.7. The van der Waals surface area contributed by atoms with Gasteiger partial charge in [-0.15, -0.1) is 0 Å². The molecule has 2 aromatic heterocycles. The first-order valence-corrected chi connectivity index (χ1v) is 7.79. The predicted molar refractivity (Wildman–Crippen MR) is 86.3 cm³/mol. The molecule has 0 saturated carbocycles. The normalized spacial score (nSPS) is 18.0. The Balaban J connectivity index is 1.83. The lowest BCUT2D eigenvalue weighted by Crippen LogP contribution is -2.42. The molecule has 0 aromatic carbocycles. The van der Waals surface area contributed by atoms with Crippen LogP contribution in [0, 0.1) is 6.92 Å². The first-order chi connectivity index (χ1) is 11.1. The van der Waals surface area contributed by atoms with Gasteiger partial charge in [0.25, 0.3) is 11.5 Å². The van der Waals surface area contributed by atoms with Crippen LogP contribution in [0.2, 0.25) is 0 Å². The molecular formula is C17H20N4O2. The zero-order valence-electron chi connectivity index (χ0n) is 13.4. The van der Waals surface area contributed by atoms with Gasteiger partial charge in [0.15, 0.2) is 0 Å². The summed E-state index contributed by atoms with van der Waals surface area (Å²) in [5.41, 5.74) is 1.79. The number of carbonyl (C=O) groups excluding carboxylic acids is 1. The summed E-state index contributed by atoms with van der Waals surface area (Å²) < 4.78 is 1.51. The van der Waals surface area contributed by atoms with Crippen molar-refractivity contribution < 1.29 is 4.79 Å². The van der Waals surface area contributed by atoms with Crippen LogP contribution in [0.25, 0.3) is 0 Å². The van der Waals surface area contributed by atoms with Gasteiger partial charge in [-0.25, -0.2) is 9.97 Å². The monoisotopic (exact) mass is 312 g/mol. The van der Waals surface area contributed by atoms with Crippen LogP contribution in [0.4, 0.5) is 0 Å². The van der Waals surface area contributed by atoms with Gasteiger partial charge in [-0.1, -0.05) is 0 Å². The maximum absolute atomic E-state index is 12.7. The molecule has 0 bridgehead atoms. The Morgan fingerprint density at radius 1 is 1.30 bits per heavy atom.